The first-order valence-corrected chi connectivity index (χ1v) is 13.5. The van der Waals surface area contributed by atoms with Crippen LogP contribution in [0.3, 0.4) is 0 Å². The molecule has 1 fully saturated rings. The molecule has 1 saturated heterocycles. The number of aromatic nitrogens is 2. The molecular weight excluding hydrogens is 492 g/mol. The number of sulfone groups is 1. The van der Waals surface area contributed by atoms with Crippen molar-refractivity contribution >= 4 is 33.3 Å². The number of benzene rings is 1. The molecule has 3 heterocycles. The second-order valence-electron chi connectivity index (χ2n) is 8.99. The number of hydrogen-bond acceptors (Lipinski definition) is 8. The van der Waals surface area contributed by atoms with E-state index in [1.54, 1.807) is 37.4 Å². The van der Waals surface area contributed by atoms with Crippen molar-refractivity contribution in [1.82, 2.24) is 9.38 Å². The fraction of sp³-hybridized carbons (Fsp3) is 0.333. The van der Waals surface area contributed by atoms with Crippen LogP contribution in [0, 0.1) is 31.1 Å². The van der Waals surface area contributed by atoms with Crippen LogP contribution in [-0.2, 0) is 19.4 Å². The number of allylic oxidation sites excluding steroid dienone is 1. The molecule has 0 radical (unpaired) electrons. The first kappa shape index (κ1) is 26.1. The molecule has 0 saturated carbocycles. The minimum Gasteiger partial charge on any atom is -0.466 e. The van der Waals surface area contributed by atoms with Gasteiger partial charge < -0.3 is 9.64 Å². The maximum absolute atomic E-state index is 13.6. The van der Waals surface area contributed by atoms with Gasteiger partial charge in [0.15, 0.2) is 0 Å². The molecule has 1 aromatic carbocycles. The molecule has 0 atom stereocenters. The summed E-state index contributed by atoms with van der Waals surface area (Å²) < 4.78 is 33.1. The third-order valence-electron chi connectivity index (χ3n) is 6.49. The average molecular weight is 521 g/mol. The zero-order chi connectivity index (χ0) is 26.7. The summed E-state index contributed by atoms with van der Waals surface area (Å²) in [5.41, 5.74) is 1.60. The topological polar surface area (TPSA) is 122 Å². The fourth-order valence-electron chi connectivity index (χ4n) is 4.40. The summed E-state index contributed by atoms with van der Waals surface area (Å²) in [6.45, 7) is 6.58. The number of pyridine rings is 1. The Morgan fingerprint density at radius 3 is 2.49 bits per heavy atom. The van der Waals surface area contributed by atoms with Crippen LogP contribution in [0.25, 0.3) is 11.7 Å². The summed E-state index contributed by atoms with van der Waals surface area (Å²) in [4.78, 5) is 31.9. The van der Waals surface area contributed by atoms with E-state index in [1.807, 2.05) is 24.8 Å². The summed E-state index contributed by atoms with van der Waals surface area (Å²) in [7, 11) is -4.17. The Morgan fingerprint density at radius 1 is 1.19 bits per heavy atom. The monoisotopic (exact) mass is 520 g/mol. The number of nitriles is 1. The van der Waals surface area contributed by atoms with E-state index in [1.165, 1.54) is 16.5 Å². The Kier molecular flexibility index (Phi) is 7.45. The van der Waals surface area contributed by atoms with Gasteiger partial charge in [-0.3, -0.25) is 14.0 Å². The van der Waals surface area contributed by atoms with Crippen molar-refractivity contribution in [2.75, 3.05) is 24.6 Å². The maximum Gasteiger partial charge on any atom is 0.309 e. The Balaban J connectivity index is 1.84. The van der Waals surface area contributed by atoms with Crippen LogP contribution in [0.2, 0.25) is 0 Å². The number of esters is 1. The van der Waals surface area contributed by atoms with Gasteiger partial charge in [-0.05, 0) is 63.5 Å². The standard InChI is InChI=1S/C27H28N4O5S/c1-4-36-27(33)20-11-14-30(15-12-20)25-23(26(32)31-13-5-6-19(3)24(31)29-25)16-22(17-28)37(34,35)21-9-7-18(2)8-10-21/h5-10,13,16,20H,4,11-12,14-15H2,1-3H3/b22-16+. The molecule has 9 nitrogen and oxygen atoms in total. The molecule has 3 aromatic rings. The molecule has 0 spiro atoms. The zero-order valence-electron chi connectivity index (χ0n) is 21.0. The van der Waals surface area contributed by atoms with Crippen molar-refractivity contribution in [2.24, 2.45) is 5.92 Å². The Hall–Kier alpha value is -3.97. The minimum atomic E-state index is -4.17. The van der Waals surface area contributed by atoms with E-state index < -0.39 is 20.3 Å². The average Bonchev–Trinajstić information content (AvgIpc) is 2.89. The molecule has 0 aliphatic carbocycles. The van der Waals surface area contributed by atoms with Gasteiger partial charge in [0.1, 0.15) is 22.4 Å². The fourth-order valence-corrected chi connectivity index (χ4v) is 5.54. The molecule has 4 rings (SSSR count). The van der Waals surface area contributed by atoms with E-state index in [2.05, 4.69) is 0 Å². The Morgan fingerprint density at radius 2 is 1.86 bits per heavy atom. The smallest absolute Gasteiger partial charge is 0.309 e. The van der Waals surface area contributed by atoms with Gasteiger partial charge in [0, 0.05) is 19.3 Å². The summed E-state index contributed by atoms with van der Waals surface area (Å²) in [5.74, 6) is -0.218. The molecule has 2 aromatic heterocycles. The number of anilines is 1. The highest BCUT2D eigenvalue weighted by atomic mass is 32.2. The third-order valence-corrected chi connectivity index (χ3v) is 8.17. The number of carbonyl (C=O) groups excluding carboxylic acids is 1. The predicted octanol–water partition coefficient (Wildman–Crippen LogP) is 3.43. The lowest BCUT2D eigenvalue weighted by molar-refractivity contribution is -0.148. The second kappa shape index (κ2) is 10.6. The van der Waals surface area contributed by atoms with Crippen molar-refractivity contribution in [2.45, 2.75) is 38.5 Å². The van der Waals surface area contributed by atoms with Gasteiger partial charge in [0.05, 0.1) is 23.0 Å². The van der Waals surface area contributed by atoms with E-state index in [-0.39, 0.29) is 28.2 Å². The minimum absolute atomic E-state index is 0.00456. The van der Waals surface area contributed by atoms with E-state index in [0.29, 0.717) is 38.2 Å². The lowest BCUT2D eigenvalue weighted by atomic mass is 9.96. The number of piperidine rings is 1. The van der Waals surface area contributed by atoms with Crippen LogP contribution in [0.1, 0.15) is 36.5 Å². The van der Waals surface area contributed by atoms with Gasteiger partial charge in [-0.2, -0.15) is 5.26 Å². The molecule has 1 aliphatic heterocycles. The van der Waals surface area contributed by atoms with Gasteiger partial charge in [-0.25, -0.2) is 13.4 Å². The summed E-state index contributed by atoms with van der Waals surface area (Å²) in [6.07, 6.45) is 3.69. The number of hydrogen-bond donors (Lipinski definition) is 0. The molecule has 1 aliphatic rings. The SMILES string of the molecule is CCOC(=O)C1CCN(c2nc3c(C)cccn3c(=O)c2/C=C(\C#N)S(=O)(=O)c2ccc(C)cc2)CC1. The first-order valence-electron chi connectivity index (χ1n) is 12.0. The van der Waals surface area contributed by atoms with E-state index in [0.717, 1.165) is 17.2 Å². The highest BCUT2D eigenvalue weighted by Gasteiger charge is 2.29. The van der Waals surface area contributed by atoms with Gasteiger partial charge in [0.25, 0.3) is 5.56 Å². The molecule has 0 unspecified atom stereocenters. The second-order valence-corrected chi connectivity index (χ2v) is 10.9. The number of fused-ring (bicyclic) bond motifs is 1. The summed E-state index contributed by atoms with van der Waals surface area (Å²) in [6, 6.07) is 11.5. The predicted molar refractivity (Wildman–Crippen MR) is 140 cm³/mol. The number of aryl methyl sites for hydroxylation is 2. The highest BCUT2D eigenvalue weighted by Crippen LogP contribution is 2.28. The van der Waals surface area contributed by atoms with Gasteiger partial charge >= 0.3 is 5.97 Å². The Labute approximate surface area is 215 Å². The van der Waals surface area contributed by atoms with Crippen LogP contribution in [-0.4, -0.2) is 43.5 Å². The maximum atomic E-state index is 13.6. The van der Waals surface area contributed by atoms with Crippen molar-refractivity contribution in [3.63, 3.8) is 0 Å². The van der Waals surface area contributed by atoms with Crippen LogP contribution >= 0.6 is 0 Å². The molecule has 192 valence electrons. The van der Waals surface area contributed by atoms with Crippen molar-refractivity contribution in [1.29, 1.82) is 5.26 Å². The van der Waals surface area contributed by atoms with E-state index in [9.17, 15) is 23.3 Å². The number of nitrogens with zero attached hydrogens (tertiary/aromatic N) is 4. The molecule has 0 bridgehead atoms. The van der Waals surface area contributed by atoms with Crippen molar-refractivity contribution in [3.8, 4) is 6.07 Å². The normalized spacial score (nSPS) is 15.0. The van der Waals surface area contributed by atoms with Crippen LogP contribution in [0.15, 0.2) is 57.2 Å². The largest absolute Gasteiger partial charge is 0.466 e. The van der Waals surface area contributed by atoms with Crippen LogP contribution in [0.4, 0.5) is 5.82 Å². The van der Waals surface area contributed by atoms with Gasteiger partial charge in [0.2, 0.25) is 9.84 Å². The highest BCUT2D eigenvalue weighted by molar-refractivity contribution is 7.95. The first-order chi connectivity index (χ1) is 17.7. The summed E-state index contributed by atoms with van der Waals surface area (Å²) in [5, 5.41) is 9.84. The van der Waals surface area contributed by atoms with Crippen molar-refractivity contribution < 1.29 is 17.9 Å². The third kappa shape index (κ3) is 5.13. The molecular formula is C27H28N4O5S. The van der Waals surface area contributed by atoms with E-state index >= 15 is 0 Å². The number of ether oxygens (including phenoxy) is 1. The molecule has 0 N–H and O–H groups in total. The summed E-state index contributed by atoms with van der Waals surface area (Å²) >= 11 is 0. The molecule has 37 heavy (non-hydrogen) atoms. The lowest BCUT2D eigenvalue weighted by Crippen LogP contribution is -2.39. The zero-order valence-corrected chi connectivity index (χ0v) is 21.8. The molecule has 0 amide bonds. The van der Waals surface area contributed by atoms with E-state index in [4.69, 9.17) is 9.72 Å². The van der Waals surface area contributed by atoms with Gasteiger partial charge in [-0.1, -0.05) is 23.8 Å². The quantitative estimate of drug-likeness (QED) is 0.358. The van der Waals surface area contributed by atoms with Crippen LogP contribution < -0.4 is 10.5 Å². The Bertz CT molecular complexity index is 1580. The lowest BCUT2D eigenvalue weighted by Gasteiger charge is -2.32. The molecule has 10 heteroatoms. The number of carbonyl (C=O) groups is 1. The van der Waals surface area contributed by atoms with Crippen LogP contribution in [0.5, 0.6) is 0 Å². The van der Waals surface area contributed by atoms with Crippen molar-refractivity contribution in [3.05, 3.63) is 74.5 Å². The van der Waals surface area contributed by atoms with Gasteiger partial charge in [-0.15, -0.1) is 0 Å². The number of rotatable bonds is 6.